The summed E-state index contributed by atoms with van der Waals surface area (Å²) in [5, 5.41) is 8.05. The Morgan fingerprint density at radius 2 is 2.05 bits per heavy atom. The molecule has 0 atom stereocenters. The Kier molecular flexibility index (Phi) is 4.39. The number of sulfonamides is 1. The van der Waals surface area contributed by atoms with Crippen molar-refractivity contribution in [2.75, 3.05) is 6.54 Å². The van der Waals surface area contributed by atoms with Crippen molar-refractivity contribution in [2.45, 2.75) is 44.4 Å². The van der Waals surface area contributed by atoms with Crippen LogP contribution in [0, 0.1) is 12.3 Å². The first-order valence-electron chi connectivity index (χ1n) is 7.19. The van der Waals surface area contributed by atoms with Gasteiger partial charge in [0.25, 0.3) is 5.91 Å². The van der Waals surface area contributed by atoms with E-state index in [-0.39, 0.29) is 10.8 Å². The monoisotopic (exact) mass is 310 g/mol. The Labute approximate surface area is 126 Å². The molecule has 3 N–H and O–H groups in total. The van der Waals surface area contributed by atoms with Gasteiger partial charge in [0.05, 0.1) is 4.90 Å². The maximum absolute atomic E-state index is 12.2. The molecule has 0 aromatic heterocycles. The third kappa shape index (κ3) is 3.83. The summed E-state index contributed by atoms with van der Waals surface area (Å²) < 4.78 is 22.6. The van der Waals surface area contributed by atoms with Gasteiger partial charge in [-0.15, -0.1) is 0 Å². The van der Waals surface area contributed by atoms with Crippen LogP contribution in [0.25, 0.3) is 0 Å². The Morgan fingerprint density at radius 3 is 2.52 bits per heavy atom. The Balaban J connectivity index is 2.06. The second kappa shape index (κ2) is 5.77. The SMILES string of the molecule is CCCC1(CNC(=O)c2ccc(S(N)(=O)=O)cc2C)CC1. The van der Waals surface area contributed by atoms with Gasteiger partial charge < -0.3 is 5.32 Å². The molecule has 6 heteroatoms. The summed E-state index contributed by atoms with van der Waals surface area (Å²) in [5.74, 6) is -0.157. The molecule has 116 valence electrons. The Morgan fingerprint density at radius 1 is 1.38 bits per heavy atom. The van der Waals surface area contributed by atoms with E-state index in [9.17, 15) is 13.2 Å². The van der Waals surface area contributed by atoms with Crippen molar-refractivity contribution in [1.29, 1.82) is 0 Å². The van der Waals surface area contributed by atoms with Crippen molar-refractivity contribution in [3.63, 3.8) is 0 Å². The topological polar surface area (TPSA) is 89.3 Å². The third-order valence-corrected chi connectivity index (χ3v) is 5.04. The first-order valence-corrected chi connectivity index (χ1v) is 8.74. The highest BCUT2D eigenvalue weighted by atomic mass is 32.2. The molecule has 0 bridgehead atoms. The average Bonchev–Trinajstić information content (AvgIpc) is 3.15. The van der Waals surface area contributed by atoms with Crippen molar-refractivity contribution in [3.05, 3.63) is 29.3 Å². The lowest BCUT2D eigenvalue weighted by Gasteiger charge is -2.15. The summed E-state index contributed by atoms with van der Waals surface area (Å²) in [7, 11) is -3.73. The fraction of sp³-hybridized carbons (Fsp3) is 0.533. The van der Waals surface area contributed by atoms with Crippen LogP contribution in [0.2, 0.25) is 0 Å². The van der Waals surface area contributed by atoms with Gasteiger partial charge in [-0.2, -0.15) is 0 Å². The minimum Gasteiger partial charge on any atom is -0.351 e. The maximum atomic E-state index is 12.2. The maximum Gasteiger partial charge on any atom is 0.251 e. The second-order valence-corrected chi connectivity index (χ2v) is 7.52. The first-order chi connectivity index (χ1) is 9.77. The lowest BCUT2D eigenvalue weighted by Crippen LogP contribution is -2.30. The minimum atomic E-state index is -3.73. The molecule has 1 aliphatic rings. The van der Waals surface area contributed by atoms with Gasteiger partial charge in [0, 0.05) is 12.1 Å². The minimum absolute atomic E-state index is 0.0289. The zero-order valence-electron chi connectivity index (χ0n) is 12.5. The molecule has 1 amide bonds. The number of nitrogens with two attached hydrogens (primary N) is 1. The molecule has 5 nitrogen and oxygen atoms in total. The lowest BCUT2D eigenvalue weighted by molar-refractivity contribution is 0.0943. The van der Waals surface area contributed by atoms with Crippen LogP contribution >= 0.6 is 0 Å². The highest BCUT2D eigenvalue weighted by Crippen LogP contribution is 2.48. The predicted octanol–water partition coefficient (Wildman–Crippen LogP) is 1.95. The fourth-order valence-electron chi connectivity index (χ4n) is 2.65. The number of hydrogen-bond acceptors (Lipinski definition) is 3. The largest absolute Gasteiger partial charge is 0.351 e. The van der Waals surface area contributed by atoms with Crippen molar-refractivity contribution in [3.8, 4) is 0 Å². The van der Waals surface area contributed by atoms with Crippen LogP contribution in [0.1, 0.15) is 48.5 Å². The quantitative estimate of drug-likeness (QED) is 0.841. The molecule has 1 saturated carbocycles. The van der Waals surface area contributed by atoms with E-state index < -0.39 is 10.0 Å². The summed E-state index contributed by atoms with van der Waals surface area (Å²) in [6.45, 7) is 4.55. The van der Waals surface area contributed by atoms with E-state index in [4.69, 9.17) is 5.14 Å². The number of aryl methyl sites for hydroxylation is 1. The van der Waals surface area contributed by atoms with Gasteiger partial charge in [0.2, 0.25) is 10.0 Å². The summed E-state index contributed by atoms with van der Waals surface area (Å²) in [5.41, 5.74) is 1.40. The molecular formula is C15H22N2O3S. The molecule has 0 radical (unpaired) electrons. The van der Waals surface area contributed by atoms with Crippen LogP contribution < -0.4 is 10.5 Å². The van der Waals surface area contributed by atoms with E-state index in [1.54, 1.807) is 6.92 Å². The smallest absolute Gasteiger partial charge is 0.251 e. The molecule has 1 aromatic rings. The van der Waals surface area contributed by atoms with Crippen LogP contribution in [-0.4, -0.2) is 20.9 Å². The van der Waals surface area contributed by atoms with Crippen LogP contribution in [0.4, 0.5) is 0 Å². The molecule has 0 saturated heterocycles. The van der Waals surface area contributed by atoms with Gasteiger partial charge in [-0.1, -0.05) is 13.3 Å². The van der Waals surface area contributed by atoms with E-state index in [0.717, 1.165) is 12.8 Å². The van der Waals surface area contributed by atoms with Gasteiger partial charge in [-0.3, -0.25) is 4.79 Å². The van der Waals surface area contributed by atoms with E-state index in [1.807, 2.05) is 0 Å². The fourth-order valence-corrected chi connectivity index (χ4v) is 3.25. The highest BCUT2D eigenvalue weighted by molar-refractivity contribution is 7.89. The van der Waals surface area contributed by atoms with E-state index >= 15 is 0 Å². The molecule has 1 aromatic carbocycles. The van der Waals surface area contributed by atoms with Crippen molar-refractivity contribution in [2.24, 2.45) is 10.6 Å². The lowest BCUT2D eigenvalue weighted by atomic mass is 10.0. The molecule has 0 spiro atoms. The van der Waals surface area contributed by atoms with Crippen LogP contribution in [0.3, 0.4) is 0 Å². The summed E-state index contributed by atoms with van der Waals surface area (Å²) in [6.07, 6.45) is 4.60. The van der Waals surface area contributed by atoms with E-state index in [2.05, 4.69) is 12.2 Å². The van der Waals surface area contributed by atoms with Crippen LogP contribution in [-0.2, 0) is 10.0 Å². The van der Waals surface area contributed by atoms with Gasteiger partial charge in [-0.25, -0.2) is 13.6 Å². The number of nitrogens with one attached hydrogen (secondary N) is 1. The van der Waals surface area contributed by atoms with Gasteiger partial charge in [0.15, 0.2) is 0 Å². The van der Waals surface area contributed by atoms with Crippen LogP contribution in [0.15, 0.2) is 23.1 Å². The molecular weight excluding hydrogens is 288 g/mol. The zero-order valence-corrected chi connectivity index (χ0v) is 13.3. The highest BCUT2D eigenvalue weighted by Gasteiger charge is 2.41. The standard InChI is InChI=1S/C15H22N2O3S/c1-3-6-15(7-8-15)10-17-14(18)13-5-4-12(9-11(13)2)21(16,19)20/h4-5,9H,3,6-8,10H2,1-2H3,(H,17,18)(H2,16,19,20). The average molecular weight is 310 g/mol. The molecule has 21 heavy (non-hydrogen) atoms. The third-order valence-electron chi connectivity index (χ3n) is 4.13. The second-order valence-electron chi connectivity index (χ2n) is 5.95. The van der Waals surface area contributed by atoms with Crippen molar-refractivity contribution in [1.82, 2.24) is 5.32 Å². The Bertz CT molecular complexity index is 649. The molecule has 0 aliphatic heterocycles. The van der Waals surface area contributed by atoms with Crippen molar-refractivity contribution < 1.29 is 13.2 Å². The van der Waals surface area contributed by atoms with E-state index in [1.165, 1.54) is 31.0 Å². The van der Waals surface area contributed by atoms with Crippen LogP contribution in [0.5, 0.6) is 0 Å². The first kappa shape index (κ1) is 16.0. The number of hydrogen-bond donors (Lipinski definition) is 2. The zero-order chi connectivity index (χ0) is 15.7. The number of rotatable bonds is 6. The number of carbonyl (C=O) groups is 1. The van der Waals surface area contributed by atoms with E-state index in [0.29, 0.717) is 23.1 Å². The molecule has 0 unspecified atom stereocenters. The number of carbonyl (C=O) groups excluding carboxylic acids is 1. The number of benzene rings is 1. The molecule has 0 heterocycles. The summed E-state index contributed by atoms with van der Waals surface area (Å²) in [4.78, 5) is 12.2. The number of amides is 1. The number of primary sulfonamides is 1. The summed E-state index contributed by atoms with van der Waals surface area (Å²) >= 11 is 0. The summed E-state index contributed by atoms with van der Waals surface area (Å²) in [6, 6.07) is 4.32. The predicted molar refractivity (Wildman–Crippen MR) is 81.5 cm³/mol. The van der Waals surface area contributed by atoms with Gasteiger partial charge >= 0.3 is 0 Å². The normalized spacial score (nSPS) is 16.5. The Hall–Kier alpha value is -1.40. The van der Waals surface area contributed by atoms with Gasteiger partial charge in [-0.05, 0) is 55.4 Å². The van der Waals surface area contributed by atoms with Crippen molar-refractivity contribution >= 4 is 15.9 Å². The molecule has 1 aliphatic carbocycles. The molecule has 1 fully saturated rings. The van der Waals surface area contributed by atoms with Gasteiger partial charge in [0.1, 0.15) is 0 Å². The molecule has 2 rings (SSSR count).